The third-order valence-electron chi connectivity index (χ3n) is 5.84. The van der Waals surface area contributed by atoms with E-state index in [9.17, 15) is 18.0 Å². The zero-order valence-electron chi connectivity index (χ0n) is 17.9. The third-order valence-corrected chi connectivity index (χ3v) is 6.17. The van der Waals surface area contributed by atoms with E-state index in [1.165, 1.54) is 32.1 Å². The van der Waals surface area contributed by atoms with Crippen molar-refractivity contribution in [2.45, 2.75) is 45.3 Å². The van der Waals surface area contributed by atoms with Gasteiger partial charge in [0.05, 0.1) is 18.6 Å². The van der Waals surface area contributed by atoms with Crippen LogP contribution in [0.3, 0.4) is 0 Å². The van der Waals surface area contributed by atoms with Gasteiger partial charge in [-0.2, -0.15) is 13.2 Å². The molecule has 2 aromatic carbocycles. The van der Waals surface area contributed by atoms with Crippen LogP contribution in [0.1, 0.15) is 49.3 Å². The molecule has 3 nitrogen and oxygen atoms in total. The molecule has 0 aromatic heterocycles. The maximum Gasteiger partial charge on any atom is 0.416 e. The van der Waals surface area contributed by atoms with E-state index in [4.69, 9.17) is 16.3 Å². The van der Waals surface area contributed by atoms with E-state index in [1.807, 2.05) is 6.92 Å². The van der Waals surface area contributed by atoms with Gasteiger partial charge in [0.25, 0.3) is 0 Å². The summed E-state index contributed by atoms with van der Waals surface area (Å²) in [7, 11) is 1.52. The number of rotatable bonds is 9. The zero-order valence-corrected chi connectivity index (χ0v) is 18.7. The summed E-state index contributed by atoms with van der Waals surface area (Å²) in [5.41, 5.74) is 1.91. The molecule has 0 heterocycles. The Morgan fingerprint density at radius 1 is 1.19 bits per heavy atom. The predicted octanol–water partition coefficient (Wildman–Crippen LogP) is 6.48. The molecule has 168 valence electrons. The number of hydrogen-bond acceptors (Lipinski definition) is 3. The zero-order chi connectivity index (χ0) is 22.8. The Bertz CT molecular complexity index is 941. The molecule has 3 rings (SSSR count). The summed E-state index contributed by atoms with van der Waals surface area (Å²) in [5, 5.41) is -0.495. The molecule has 1 fully saturated rings. The maximum atomic E-state index is 13.5. The SMILES string of the molecule is CCN(Cc1cc(C(F)(F)F)ccc1-c1cc(C(C)C(=O)Cl)ccc1OC)CC1CC1. The lowest BCUT2D eigenvalue weighted by molar-refractivity contribution is -0.137. The minimum Gasteiger partial charge on any atom is -0.496 e. The van der Waals surface area contributed by atoms with E-state index in [0.717, 1.165) is 19.2 Å². The Morgan fingerprint density at radius 3 is 2.45 bits per heavy atom. The van der Waals surface area contributed by atoms with E-state index in [1.54, 1.807) is 25.1 Å². The molecule has 0 saturated heterocycles. The molecular formula is C24H27ClF3NO2. The molecule has 1 aliphatic carbocycles. The van der Waals surface area contributed by atoms with Gasteiger partial charge in [-0.15, -0.1) is 0 Å². The monoisotopic (exact) mass is 453 g/mol. The third kappa shape index (κ3) is 5.80. The molecule has 0 amide bonds. The van der Waals surface area contributed by atoms with Crippen molar-refractivity contribution in [1.29, 1.82) is 0 Å². The standard InChI is InChI=1S/C24H27ClF3NO2/c1-4-29(13-16-5-6-16)14-18-11-19(24(26,27)28)8-9-20(18)21-12-17(15(2)23(25)30)7-10-22(21)31-3/h7-12,15-16H,4-6,13-14H2,1-3H3. The molecule has 31 heavy (non-hydrogen) atoms. The van der Waals surface area contributed by atoms with E-state index in [-0.39, 0.29) is 0 Å². The summed E-state index contributed by atoms with van der Waals surface area (Å²) in [6, 6.07) is 9.09. The van der Waals surface area contributed by atoms with E-state index in [2.05, 4.69) is 4.90 Å². The Hall–Kier alpha value is -2.05. The number of benzene rings is 2. The van der Waals surface area contributed by atoms with Crippen molar-refractivity contribution in [3.8, 4) is 16.9 Å². The summed E-state index contributed by atoms with van der Waals surface area (Å²) in [6.07, 6.45) is -2.08. The van der Waals surface area contributed by atoms with Gasteiger partial charge in [-0.05, 0) is 77.9 Å². The molecule has 1 saturated carbocycles. The van der Waals surface area contributed by atoms with Gasteiger partial charge in [-0.25, -0.2) is 0 Å². The van der Waals surface area contributed by atoms with Crippen LogP contribution in [0.2, 0.25) is 0 Å². The highest BCUT2D eigenvalue weighted by atomic mass is 35.5. The summed E-state index contributed by atoms with van der Waals surface area (Å²) >= 11 is 5.68. The number of methoxy groups -OCH3 is 1. The second kappa shape index (κ2) is 9.61. The predicted molar refractivity (Wildman–Crippen MR) is 116 cm³/mol. The highest BCUT2D eigenvalue weighted by Crippen LogP contribution is 2.39. The molecule has 7 heteroatoms. The number of halogens is 4. The molecule has 0 N–H and O–H groups in total. The molecule has 1 unspecified atom stereocenters. The maximum absolute atomic E-state index is 13.5. The summed E-state index contributed by atoms with van der Waals surface area (Å²) < 4.78 is 45.9. The van der Waals surface area contributed by atoms with Gasteiger partial charge in [0, 0.05) is 18.7 Å². The average Bonchev–Trinajstić information content (AvgIpc) is 3.55. The van der Waals surface area contributed by atoms with Gasteiger partial charge in [0.15, 0.2) is 0 Å². The van der Waals surface area contributed by atoms with Gasteiger partial charge in [-0.1, -0.05) is 26.0 Å². The molecular weight excluding hydrogens is 427 g/mol. The highest BCUT2D eigenvalue weighted by molar-refractivity contribution is 6.64. The Morgan fingerprint density at radius 2 is 1.90 bits per heavy atom. The number of hydrogen-bond donors (Lipinski definition) is 0. The van der Waals surface area contributed by atoms with Crippen LogP contribution in [0, 0.1) is 5.92 Å². The van der Waals surface area contributed by atoms with E-state index >= 15 is 0 Å². The van der Waals surface area contributed by atoms with Crippen LogP contribution in [-0.2, 0) is 17.5 Å². The van der Waals surface area contributed by atoms with Crippen LogP contribution >= 0.6 is 11.6 Å². The minimum absolute atomic E-state index is 0.406. The Labute approximate surface area is 186 Å². The van der Waals surface area contributed by atoms with Crippen LogP contribution in [0.5, 0.6) is 5.75 Å². The molecule has 2 aromatic rings. The Kier molecular flexibility index (Phi) is 7.32. The van der Waals surface area contributed by atoms with Gasteiger partial charge < -0.3 is 4.74 Å². The lowest BCUT2D eigenvalue weighted by atomic mass is 9.92. The fraction of sp³-hybridized carbons (Fsp3) is 0.458. The topological polar surface area (TPSA) is 29.5 Å². The van der Waals surface area contributed by atoms with Crippen LogP contribution < -0.4 is 4.74 Å². The van der Waals surface area contributed by atoms with Gasteiger partial charge in [-0.3, -0.25) is 9.69 Å². The van der Waals surface area contributed by atoms with Crippen LogP contribution in [0.4, 0.5) is 13.2 Å². The van der Waals surface area contributed by atoms with Crippen molar-refractivity contribution in [1.82, 2.24) is 4.90 Å². The van der Waals surface area contributed by atoms with Crippen molar-refractivity contribution >= 4 is 16.8 Å². The van der Waals surface area contributed by atoms with Crippen LogP contribution in [0.15, 0.2) is 36.4 Å². The van der Waals surface area contributed by atoms with Crippen molar-refractivity contribution in [2.75, 3.05) is 20.2 Å². The van der Waals surface area contributed by atoms with Crippen LogP contribution in [0.25, 0.3) is 11.1 Å². The molecule has 0 spiro atoms. The first-order chi connectivity index (χ1) is 14.6. The number of alkyl halides is 3. The van der Waals surface area contributed by atoms with Crippen molar-refractivity contribution in [2.24, 2.45) is 5.92 Å². The lowest BCUT2D eigenvalue weighted by Gasteiger charge is -2.24. The van der Waals surface area contributed by atoms with Gasteiger partial charge in [0.1, 0.15) is 5.75 Å². The van der Waals surface area contributed by atoms with Crippen molar-refractivity contribution < 1.29 is 22.7 Å². The molecule has 0 radical (unpaired) electrons. The quantitative estimate of drug-likeness (QED) is 0.407. The van der Waals surface area contributed by atoms with Gasteiger partial charge in [0.2, 0.25) is 5.24 Å². The van der Waals surface area contributed by atoms with Crippen LogP contribution in [-0.4, -0.2) is 30.3 Å². The first-order valence-electron chi connectivity index (χ1n) is 10.4. The number of carbonyl (C=O) groups excluding carboxylic acids is 1. The highest BCUT2D eigenvalue weighted by Gasteiger charge is 2.32. The average molecular weight is 454 g/mol. The largest absolute Gasteiger partial charge is 0.496 e. The number of ether oxygens (including phenoxy) is 1. The van der Waals surface area contributed by atoms with Crippen molar-refractivity contribution in [3.05, 3.63) is 53.1 Å². The van der Waals surface area contributed by atoms with Gasteiger partial charge >= 0.3 is 6.18 Å². The van der Waals surface area contributed by atoms with E-state index < -0.39 is 22.9 Å². The first kappa shape index (κ1) is 23.6. The second-order valence-corrected chi connectivity index (χ2v) is 8.50. The fourth-order valence-electron chi connectivity index (χ4n) is 3.71. The Balaban J connectivity index is 2.10. The molecule has 1 atom stereocenters. The first-order valence-corrected chi connectivity index (χ1v) is 10.8. The number of carbonyl (C=O) groups is 1. The smallest absolute Gasteiger partial charge is 0.416 e. The summed E-state index contributed by atoms with van der Waals surface area (Å²) in [4.78, 5) is 13.8. The lowest BCUT2D eigenvalue weighted by Crippen LogP contribution is -2.25. The second-order valence-electron chi connectivity index (χ2n) is 8.13. The molecule has 1 aliphatic rings. The number of nitrogens with zero attached hydrogens (tertiary/aromatic N) is 1. The fourth-order valence-corrected chi connectivity index (χ4v) is 3.84. The summed E-state index contributed by atoms with van der Waals surface area (Å²) in [6.45, 7) is 5.75. The van der Waals surface area contributed by atoms with E-state index in [0.29, 0.717) is 40.5 Å². The molecule has 0 bridgehead atoms. The summed E-state index contributed by atoms with van der Waals surface area (Å²) in [5.74, 6) is 0.623. The van der Waals surface area contributed by atoms with Crippen molar-refractivity contribution in [3.63, 3.8) is 0 Å². The normalized spacial score (nSPS) is 15.2. The molecule has 0 aliphatic heterocycles. The minimum atomic E-state index is -4.42.